The Hall–Kier alpha value is -3.02. The molecule has 0 bridgehead atoms. The first-order valence-corrected chi connectivity index (χ1v) is 14.5. The number of carbonyl (C=O) groups is 1. The lowest BCUT2D eigenvalue weighted by atomic mass is 10.2. The molecule has 0 saturated heterocycles. The minimum absolute atomic E-state index is 0.239. The van der Waals surface area contributed by atoms with Gasteiger partial charge in [-0.3, -0.25) is 3.63 Å². The summed E-state index contributed by atoms with van der Waals surface area (Å²) in [6.07, 6.45) is 0. The maximum Gasteiger partial charge on any atom is 0.572 e. The first-order chi connectivity index (χ1) is 17.5. The number of carbonyl (C=O) groups excluding carboxylic acids is 1. The molecule has 0 heterocycles. The second kappa shape index (κ2) is 11.0. The molecule has 206 valence electrons. The molecule has 0 radical (unpaired) electrons. The summed E-state index contributed by atoms with van der Waals surface area (Å²) < 4.78 is 80.4. The van der Waals surface area contributed by atoms with E-state index in [1.165, 1.54) is 24.3 Å². The topological polar surface area (TPSA) is 82.5 Å². The van der Waals surface area contributed by atoms with E-state index in [9.17, 15) is 26.4 Å². The molecule has 3 rings (SSSR count). The van der Waals surface area contributed by atoms with Gasteiger partial charge in [-0.2, -0.15) is 13.2 Å². The number of halogens is 3. The smallest absolute Gasteiger partial charge is 0.482 e. The molecule has 3 aromatic carbocycles. The molecular weight excluding hydrogens is 541 g/mol. The Balaban J connectivity index is 2.15. The van der Waals surface area contributed by atoms with Crippen molar-refractivity contribution in [3.8, 4) is 5.75 Å². The van der Waals surface area contributed by atoms with Crippen molar-refractivity contribution >= 4 is 26.4 Å². The fourth-order valence-electron chi connectivity index (χ4n) is 3.44. The molecular formula is C27H30F3O6S2+. The van der Waals surface area contributed by atoms with E-state index in [2.05, 4.69) is 3.63 Å². The third-order valence-corrected chi connectivity index (χ3v) is 10.3. The van der Waals surface area contributed by atoms with Gasteiger partial charge in [-0.15, -0.1) is 8.42 Å². The van der Waals surface area contributed by atoms with Gasteiger partial charge in [-0.1, -0.05) is 35.4 Å². The normalized spacial score (nSPS) is 13.2. The Labute approximate surface area is 222 Å². The van der Waals surface area contributed by atoms with Gasteiger partial charge in [0.1, 0.15) is 11.4 Å². The molecule has 38 heavy (non-hydrogen) atoms. The lowest BCUT2D eigenvalue weighted by Gasteiger charge is -2.35. The summed E-state index contributed by atoms with van der Waals surface area (Å²) >= 11 is 0. The summed E-state index contributed by atoms with van der Waals surface area (Å²) in [6, 6.07) is 19.0. The summed E-state index contributed by atoms with van der Waals surface area (Å²) in [6.45, 7) is 8.40. The van der Waals surface area contributed by atoms with E-state index in [-0.39, 0.29) is 17.3 Å². The quantitative estimate of drug-likeness (QED) is 0.124. The van der Waals surface area contributed by atoms with Crippen LogP contribution in [0.2, 0.25) is 0 Å². The monoisotopic (exact) mass is 571 g/mol. The van der Waals surface area contributed by atoms with E-state index in [0.29, 0.717) is 9.79 Å². The van der Waals surface area contributed by atoms with Crippen LogP contribution in [0.25, 0.3) is 0 Å². The van der Waals surface area contributed by atoms with Crippen molar-refractivity contribution in [2.45, 2.75) is 60.4 Å². The highest BCUT2D eigenvalue weighted by molar-refractivity contribution is 8.32. The van der Waals surface area contributed by atoms with E-state index in [4.69, 9.17) is 9.47 Å². The maximum atomic E-state index is 13.7. The Morgan fingerprint density at radius 2 is 1.16 bits per heavy atom. The SMILES string of the molecule is Cc1ccc(S([OH+]S(=O)(=O)C(F)(F)F)(c2ccc(C)cc2)c2ccc(OCC(=O)OC(C)(C)C)cc2)cc1. The molecule has 6 nitrogen and oxygen atoms in total. The van der Waals surface area contributed by atoms with E-state index in [1.807, 2.05) is 13.8 Å². The third kappa shape index (κ3) is 6.89. The van der Waals surface area contributed by atoms with Crippen molar-refractivity contribution in [3.63, 3.8) is 0 Å². The first-order valence-electron chi connectivity index (χ1n) is 11.5. The average Bonchev–Trinajstić information content (AvgIpc) is 2.81. The largest absolute Gasteiger partial charge is 0.572 e. The predicted octanol–water partition coefficient (Wildman–Crippen LogP) is 7.16. The molecule has 3 aromatic rings. The van der Waals surface area contributed by atoms with Gasteiger partial charge in [0.2, 0.25) is 0 Å². The zero-order valence-electron chi connectivity index (χ0n) is 21.6. The molecule has 0 aliphatic rings. The number of alkyl halides is 3. The molecule has 0 aliphatic carbocycles. The summed E-state index contributed by atoms with van der Waals surface area (Å²) in [5.41, 5.74) is -4.59. The van der Waals surface area contributed by atoms with Gasteiger partial charge >= 0.3 is 21.6 Å². The van der Waals surface area contributed by atoms with Crippen LogP contribution in [0.1, 0.15) is 31.9 Å². The van der Waals surface area contributed by atoms with E-state index < -0.39 is 37.5 Å². The van der Waals surface area contributed by atoms with Crippen molar-refractivity contribution in [2.75, 3.05) is 6.61 Å². The van der Waals surface area contributed by atoms with Gasteiger partial charge in [0, 0.05) is 0 Å². The highest BCUT2D eigenvalue weighted by Crippen LogP contribution is 2.69. The van der Waals surface area contributed by atoms with Crippen LogP contribution in [0, 0.1) is 13.8 Å². The van der Waals surface area contributed by atoms with E-state index in [1.54, 1.807) is 69.3 Å². The molecule has 11 heteroatoms. The maximum absolute atomic E-state index is 13.7. The molecule has 0 amide bonds. The molecule has 0 aliphatic heterocycles. The Morgan fingerprint density at radius 3 is 1.53 bits per heavy atom. The molecule has 0 atom stereocenters. The molecule has 0 aromatic heterocycles. The Bertz CT molecular complexity index is 1320. The number of aryl methyl sites for hydroxylation is 2. The lowest BCUT2D eigenvalue weighted by Crippen LogP contribution is -2.30. The van der Waals surface area contributed by atoms with Gasteiger partial charge in [-0.05, 0) is 83.1 Å². The second-order valence-electron chi connectivity index (χ2n) is 9.55. The van der Waals surface area contributed by atoms with Crippen molar-refractivity contribution in [1.82, 2.24) is 0 Å². The van der Waals surface area contributed by atoms with Crippen molar-refractivity contribution in [1.29, 1.82) is 0 Å². The molecule has 0 fully saturated rings. The third-order valence-electron chi connectivity index (χ3n) is 5.17. The summed E-state index contributed by atoms with van der Waals surface area (Å²) in [5, 5.41) is 0. The molecule has 0 saturated carbocycles. The van der Waals surface area contributed by atoms with Crippen LogP contribution < -0.4 is 4.74 Å². The summed E-state index contributed by atoms with van der Waals surface area (Å²) in [5.74, 6) is -0.341. The molecule has 0 spiro atoms. The van der Waals surface area contributed by atoms with Crippen LogP contribution in [0.4, 0.5) is 13.2 Å². The number of ether oxygens (including phenoxy) is 2. The van der Waals surface area contributed by atoms with Crippen LogP contribution in [-0.4, -0.2) is 35.7 Å². The van der Waals surface area contributed by atoms with Crippen LogP contribution >= 0.6 is 10.3 Å². The van der Waals surface area contributed by atoms with Crippen molar-refractivity contribution in [2.24, 2.45) is 0 Å². The van der Waals surface area contributed by atoms with Crippen LogP contribution in [0.3, 0.4) is 0 Å². The minimum atomic E-state index is -5.90. The lowest BCUT2D eigenvalue weighted by molar-refractivity contribution is -0.157. The second-order valence-corrected chi connectivity index (χ2v) is 14.1. The van der Waals surface area contributed by atoms with Crippen molar-refractivity contribution < 1.29 is 39.5 Å². The average molecular weight is 572 g/mol. The van der Waals surface area contributed by atoms with Gasteiger partial charge in [-0.25, -0.2) is 4.79 Å². The fourth-order valence-corrected chi connectivity index (χ4v) is 8.40. The number of benzene rings is 3. The molecule has 0 unspecified atom stereocenters. The van der Waals surface area contributed by atoms with Gasteiger partial charge < -0.3 is 9.47 Å². The number of esters is 1. The van der Waals surface area contributed by atoms with Crippen LogP contribution in [0.15, 0.2) is 87.5 Å². The Kier molecular flexibility index (Phi) is 8.55. The summed E-state index contributed by atoms with van der Waals surface area (Å²) in [4.78, 5) is 12.9. The van der Waals surface area contributed by atoms with Crippen LogP contribution in [0.5, 0.6) is 5.75 Å². The zero-order valence-corrected chi connectivity index (χ0v) is 23.2. The highest BCUT2D eigenvalue weighted by Gasteiger charge is 2.57. The van der Waals surface area contributed by atoms with Crippen LogP contribution in [-0.2, 0) is 19.6 Å². The summed E-state index contributed by atoms with van der Waals surface area (Å²) in [7, 11) is -9.21. The van der Waals surface area contributed by atoms with Gasteiger partial charge in [0.25, 0.3) is 0 Å². The fraction of sp³-hybridized carbons (Fsp3) is 0.296. The number of rotatable bonds is 8. The van der Waals surface area contributed by atoms with Gasteiger partial charge in [0.15, 0.2) is 6.61 Å². The first kappa shape index (κ1) is 29.5. The predicted molar refractivity (Wildman–Crippen MR) is 140 cm³/mol. The van der Waals surface area contributed by atoms with E-state index in [0.717, 1.165) is 11.1 Å². The van der Waals surface area contributed by atoms with Crippen molar-refractivity contribution in [3.05, 3.63) is 83.9 Å². The zero-order chi connectivity index (χ0) is 28.4. The number of hydrogen-bond acceptors (Lipinski definition) is 5. The minimum Gasteiger partial charge on any atom is -0.482 e. The highest BCUT2D eigenvalue weighted by atomic mass is 32.3. The Morgan fingerprint density at radius 1 is 0.763 bits per heavy atom. The standard InChI is InChI=1S/C27H29F3O6S2/c1-19-6-12-22(13-7-19)37(23-14-8-20(2)9-15-23,36-38(32,33)27(28,29)30)24-16-10-21(11-17-24)34-18-25(31)35-26(3,4)5/h6-17H,18H2,1-5H3/p+1. The van der Waals surface area contributed by atoms with Gasteiger partial charge in [0.05, 0.1) is 25.0 Å². The van der Waals surface area contributed by atoms with E-state index >= 15 is 0 Å². The molecule has 1 N–H and O–H groups in total. The number of hydrogen-bond donors (Lipinski definition) is 0.